The molecule has 0 unspecified atom stereocenters. The second kappa shape index (κ2) is 8.51. The summed E-state index contributed by atoms with van der Waals surface area (Å²) in [6.07, 6.45) is 6.00. The SMILES string of the molecule is CNc1ncnc2[nH]ccc12.N#Cc1ccc(SN2CCCC2)cc1. The minimum Gasteiger partial charge on any atom is -0.372 e. The topological polar surface area (TPSA) is 80.6 Å². The first-order chi connectivity index (χ1) is 12.3. The number of fused-ring (bicyclic) bond motifs is 1. The molecule has 3 heterocycles. The van der Waals surface area contributed by atoms with Crippen LogP contribution in [0.25, 0.3) is 11.0 Å². The van der Waals surface area contributed by atoms with Crippen molar-refractivity contribution in [3.05, 3.63) is 48.4 Å². The molecule has 0 spiro atoms. The molecule has 7 heteroatoms. The normalized spacial score (nSPS) is 13.9. The number of nitrogens with zero attached hydrogens (tertiary/aromatic N) is 4. The van der Waals surface area contributed by atoms with Crippen LogP contribution in [0.5, 0.6) is 0 Å². The van der Waals surface area contributed by atoms with Gasteiger partial charge >= 0.3 is 0 Å². The van der Waals surface area contributed by atoms with Gasteiger partial charge < -0.3 is 10.3 Å². The molecule has 3 aromatic rings. The van der Waals surface area contributed by atoms with Gasteiger partial charge in [-0.05, 0) is 55.1 Å². The van der Waals surface area contributed by atoms with Gasteiger partial charge in [0, 0.05) is 31.2 Å². The van der Waals surface area contributed by atoms with Gasteiger partial charge in [-0.2, -0.15) is 5.26 Å². The summed E-state index contributed by atoms with van der Waals surface area (Å²) < 4.78 is 2.38. The summed E-state index contributed by atoms with van der Waals surface area (Å²) in [6.45, 7) is 2.37. The Kier molecular flexibility index (Phi) is 5.88. The lowest BCUT2D eigenvalue weighted by Crippen LogP contribution is -2.08. The minimum absolute atomic E-state index is 0.732. The Morgan fingerprint density at radius 2 is 1.92 bits per heavy atom. The number of benzene rings is 1. The van der Waals surface area contributed by atoms with Crippen molar-refractivity contribution >= 4 is 28.8 Å². The summed E-state index contributed by atoms with van der Waals surface area (Å²) in [4.78, 5) is 12.3. The number of hydrogen-bond donors (Lipinski definition) is 2. The molecule has 0 saturated carbocycles. The molecule has 128 valence electrons. The van der Waals surface area contributed by atoms with E-state index in [4.69, 9.17) is 5.26 Å². The lowest BCUT2D eigenvalue weighted by Gasteiger charge is -2.12. The number of aromatic amines is 1. The molecule has 2 N–H and O–H groups in total. The molecule has 0 bridgehead atoms. The molecule has 1 aliphatic rings. The van der Waals surface area contributed by atoms with Crippen LogP contribution in [0, 0.1) is 11.3 Å². The highest BCUT2D eigenvalue weighted by Crippen LogP contribution is 2.26. The maximum Gasteiger partial charge on any atom is 0.142 e. The van der Waals surface area contributed by atoms with Gasteiger partial charge in [-0.3, -0.25) is 0 Å². The standard InChI is InChI=1S/C11H12N2S.C7H8N4/c12-9-10-3-5-11(6-4-10)14-13-7-1-2-8-13;1-8-6-5-2-3-9-7(5)11-4-10-6/h3-6H,1-2,7-8H2;2-4H,1H3,(H2,8,9,10,11). The number of anilines is 1. The molecule has 0 atom stereocenters. The first-order valence-corrected chi connectivity index (χ1v) is 8.96. The predicted molar refractivity (Wildman–Crippen MR) is 101 cm³/mol. The molecule has 1 fully saturated rings. The van der Waals surface area contributed by atoms with E-state index < -0.39 is 0 Å². The Bertz CT molecular complexity index is 846. The van der Waals surface area contributed by atoms with Crippen LogP contribution in [0.15, 0.2) is 47.8 Å². The summed E-state index contributed by atoms with van der Waals surface area (Å²) in [7, 11) is 1.84. The van der Waals surface area contributed by atoms with Gasteiger partial charge in [0.15, 0.2) is 0 Å². The molecule has 0 radical (unpaired) electrons. The minimum atomic E-state index is 0.732. The lowest BCUT2D eigenvalue weighted by molar-refractivity contribution is 0.586. The number of H-pyrrole nitrogens is 1. The summed E-state index contributed by atoms with van der Waals surface area (Å²) in [5, 5.41) is 12.7. The molecule has 0 aliphatic carbocycles. The van der Waals surface area contributed by atoms with Crippen LogP contribution in [-0.2, 0) is 0 Å². The van der Waals surface area contributed by atoms with E-state index in [0.29, 0.717) is 0 Å². The number of aromatic nitrogens is 3. The largest absolute Gasteiger partial charge is 0.372 e. The second-order valence-corrected chi connectivity index (χ2v) is 6.75. The second-order valence-electron chi connectivity index (χ2n) is 5.58. The van der Waals surface area contributed by atoms with Crippen LogP contribution in [0.3, 0.4) is 0 Å². The zero-order valence-electron chi connectivity index (χ0n) is 14.1. The van der Waals surface area contributed by atoms with Gasteiger partial charge in [-0.15, -0.1) is 0 Å². The summed E-state index contributed by atoms with van der Waals surface area (Å²) in [5.41, 5.74) is 1.60. The maximum absolute atomic E-state index is 8.65. The maximum atomic E-state index is 8.65. The van der Waals surface area contributed by atoms with Crippen LogP contribution >= 0.6 is 11.9 Å². The highest BCUT2D eigenvalue weighted by molar-refractivity contribution is 7.97. The van der Waals surface area contributed by atoms with Crippen molar-refractivity contribution < 1.29 is 0 Å². The van der Waals surface area contributed by atoms with Crippen molar-refractivity contribution in [3.63, 3.8) is 0 Å². The summed E-state index contributed by atoms with van der Waals surface area (Å²) in [5.74, 6) is 0.858. The van der Waals surface area contributed by atoms with E-state index in [2.05, 4.69) is 30.6 Å². The Morgan fingerprint density at radius 3 is 2.60 bits per heavy atom. The van der Waals surface area contributed by atoms with Crippen LogP contribution in [0.2, 0.25) is 0 Å². The van der Waals surface area contributed by atoms with Gasteiger partial charge in [0.05, 0.1) is 17.0 Å². The van der Waals surface area contributed by atoms with Gasteiger partial charge in [-0.25, -0.2) is 14.3 Å². The zero-order valence-corrected chi connectivity index (χ0v) is 14.9. The van der Waals surface area contributed by atoms with Gasteiger partial charge in [0.1, 0.15) is 17.8 Å². The number of nitrogens with one attached hydrogen (secondary N) is 2. The molecular weight excluding hydrogens is 332 g/mol. The molecule has 4 rings (SSSR count). The first kappa shape index (κ1) is 17.3. The Balaban J connectivity index is 0.000000150. The van der Waals surface area contributed by atoms with E-state index in [1.165, 1.54) is 37.2 Å². The van der Waals surface area contributed by atoms with E-state index in [1.807, 2.05) is 43.6 Å². The molecule has 1 aromatic carbocycles. The molecular formula is C18H20N6S. The van der Waals surface area contributed by atoms with E-state index in [0.717, 1.165) is 22.4 Å². The third-order valence-corrected chi connectivity index (χ3v) is 4.98. The van der Waals surface area contributed by atoms with E-state index in [9.17, 15) is 0 Å². The van der Waals surface area contributed by atoms with Crippen LogP contribution in [0.4, 0.5) is 5.82 Å². The van der Waals surface area contributed by atoms with Crippen LogP contribution in [0.1, 0.15) is 18.4 Å². The monoisotopic (exact) mass is 352 g/mol. The number of nitriles is 1. The van der Waals surface area contributed by atoms with Crippen molar-refractivity contribution in [2.24, 2.45) is 0 Å². The van der Waals surface area contributed by atoms with Crippen LogP contribution in [-0.4, -0.2) is 39.4 Å². The summed E-state index contributed by atoms with van der Waals surface area (Å²) in [6, 6.07) is 11.8. The fourth-order valence-electron chi connectivity index (χ4n) is 2.59. The van der Waals surface area contributed by atoms with Crippen molar-refractivity contribution in [2.45, 2.75) is 17.7 Å². The zero-order chi connectivity index (χ0) is 17.5. The average Bonchev–Trinajstić information content (AvgIpc) is 3.34. The Morgan fingerprint density at radius 1 is 1.16 bits per heavy atom. The van der Waals surface area contributed by atoms with Gasteiger partial charge in [0.25, 0.3) is 0 Å². The Labute approximate surface area is 151 Å². The molecule has 1 saturated heterocycles. The molecule has 6 nitrogen and oxygen atoms in total. The molecule has 1 aliphatic heterocycles. The smallest absolute Gasteiger partial charge is 0.142 e. The number of hydrogen-bond acceptors (Lipinski definition) is 6. The first-order valence-electron chi connectivity index (χ1n) is 8.19. The predicted octanol–water partition coefficient (Wildman–Crippen LogP) is 3.66. The summed E-state index contributed by atoms with van der Waals surface area (Å²) >= 11 is 1.79. The van der Waals surface area contributed by atoms with E-state index >= 15 is 0 Å². The van der Waals surface area contributed by atoms with Gasteiger partial charge in [-0.1, -0.05) is 0 Å². The molecule has 25 heavy (non-hydrogen) atoms. The Hall–Kier alpha value is -2.56. The van der Waals surface area contributed by atoms with Crippen molar-refractivity contribution in [3.8, 4) is 6.07 Å². The van der Waals surface area contributed by atoms with Crippen molar-refractivity contribution in [2.75, 3.05) is 25.5 Å². The molecule has 0 amide bonds. The van der Waals surface area contributed by atoms with Crippen molar-refractivity contribution in [1.82, 2.24) is 19.3 Å². The fourth-order valence-corrected chi connectivity index (χ4v) is 3.59. The quantitative estimate of drug-likeness (QED) is 0.700. The van der Waals surface area contributed by atoms with Gasteiger partial charge in [0.2, 0.25) is 0 Å². The third-order valence-electron chi connectivity index (χ3n) is 3.87. The highest BCUT2D eigenvalue weighted by Gasteiger charge is 2.12. The number of rotatable bonds is 3. The highest BCUT2D eigenvalue weighted by atomic mass is 32.2. The fraction of sp³-hybridized carbons (Fsp3) is 0.278. The molecule has 2 aromatic heterocycles. The van der Waals surface area contributed by atoms with Crippen LogP contribution < -0.4 is 5.32 Å². The van der Waals surface area contributed by atoms with E-state index in [1.54, 1.807) is 11.9 Å². The van der Waals surface area contributed by atoms with E-state index in [-0.39, 0.29) is 0 Å². The lowest BCUT2D eigenvalue weighted by atomic mass is 10.2. The van der Waals surface area contributed by atoms with Crippen molar-refractivity contribution in [1.29, 1.82) is 5.26 Å². The third kappa shape index (κ3) is 4.50. The average molecular weight is 352 g/mol.